The molecule has 0 radical (unpaired) electrons. The molecule has 2 heteroatoms. The number of hydrogen-bond acceptors (Lipinski definition) is 1. The molecule has 0 saturated heterocycles. The van der Waals surface area contributed by atoms with Crippen LogP contribution in [0.4, 0.5) is 0 Å². The van der Waals surface area contributed by atoms with Gasteiger partial charge in [0.15, 0.2) is 0 Å². The molecule has 0 spiro atoms. The molecule has 0 amide bonds. The molecule has 0 saturated carbocycles. The molecule has 0 bridgehead atoms. The average molecular weight is 273 g/mol. The molecule has 98 valence electrons. The zero-order valence-corrected chi connectivity index (χ0v) is 11.7. The van der Waals surface area contributed by atoms with Crippen LogP contribution in [0, 0.1) is 0 Å². The normalized spacial score (nSPS) is 18.3. The van der Waals surface area contributed by atoms with Crippen molar-refractivity contribution in [2.24, 2.45) is 0 Å². The smallest absolute Gasteiger partial charge is 0.122 e. The van der Waals surface area contributed by atoms with Crippen molar-refractivity contribution in [1.82, 2.24) is 0 Å². The fraction of sp³-hybridized carbons (Fsp3) is 0.294. The Morgan fingerprint density at radius 3 is 2.68 bits per heavy atom. The van der Waals surface area contributed by atoms with Crippen molar-refractivity contribution in [2.45, 2.75) is 24.1 Å². The molecular weight excluding hydrogens is 256 g/mol. The van der Waals surface area contributed by atoms with Gasteiger partial charge in [0.2, 0.25) is 0 Å². The molecular formula is C17H17ClO. The van der Waals surface area contributed by atoms with Crippen molar-refractivity contribution >= 4 is 11.6 Å². The molecule has 0 aliphatic heterocycles. The van der Waals surface area contributed by atoms with Crippen LogP contribution < -0.4 is 4.74 Å². The van der Waals surface area contributed by atoms with Gasteiger partial charge in [-0.05, 0) is 35.6 Å². The van der Waals surface area contributed by atoms with E-state index in [4.69, 9.17) is 16.3 Å². The maximum Gasteiger partial charge on any atom is 0.122 e. The second-order valence-electron chi connectivity index (χ2n) is 5.04. The maximum absolute atomic E-state index is 6.62. The fourth-order valence-electron chi connectivity index (χ4n) is 2.84. The van der Waals surface area contributed by atoms with Crippen LogP contribution in [-0.2, 0) is 12.8 Å². The van der Waals surface area contributed by atoms with Gasteiger partial charge in [-0.1, -0.05) is 42.5 Å². The van der Waals surface area contributed by atoms with Crippen molar-refractivity contribution in [1.29, 1.82) is 0 Å². The Hall–Kier alpha value is -1.47. The number of halogens is 1. The highest BCUT2D eigenvalue weighted by Gasteiger charge is 2.31. The largest absolute Gasteiger partial charge is 0.496 e. The van der Waals surface area contributed by atoms with Crippen molar-refractivity contribution in [3.05, 3.63) is 65.2 Å². The molecule has 1 nitrogen and oxygen atoms in total. The Balaban J connectivity index is 1.75. The number of methoxy groups -OCH3 is 1. The van der Waals surface area contributed by atoms with E-state index in [1.807, 2.05) is 18.2 Å². The van der Waals surface area contributed by atoms with Crippen LogP contribution in [0.15, 0.2) is 48.5 Å². The molecule has 0 fully saturated rings. The predicted octanol–water partition coefficient (Wildman–Crippen LogP) is 4.19. The van der Waals surface area contributed by atoms with Gasteiger partial charge in [0, 0.05) is 11.3 Å². The van der Waals surface area contributed by atoms with E-state index in [1.54, 1.807) is 7.11 Å². The highest BCUT2D eigenvalue weighted by molar-refractivity contribution is 6.21. The minimum atomic E-state index is 0.131. The van der Waals surface area contributed by atoms with Crippen LogP contribution in [-0.4, -0.2) is 12.5 Å². The summed E-state index contributed by atoms with van der Waals surface area (Å²) in [6.45, 7) is 0. The number of ether oxygens (including phenoxy) is 1. The summed E-state index contributed by atoms with van der Waals surface area (Å²) in [4.78, 5) is 0. The molecule has 2 aromatic carbocycles. The van der Waals surface area contributed by atoms with Crippen LogP contribution in [0.25, 0.3) is 0 Å². The summed E-state index contributed by atoms with van der Waals surface area (Å²) >= 11 is 6.62. The highest BCUT2D eigenvalue weighted by atomic mass is 35.5. The highest BCUT2D eigenvalue weighted by Crippen LogP contribution is 2.41. The summed E-state index contributed by atoms with van der Waals surface area (Å²) in [6.07, 6.45) is 1.95. The zero-order valence-electron chi connectivity index (χ0n) is 11.0. The number of alkyl halides is 1. The van der Waals surface area contributed by atoms with E-state index < -0.39 is 0 Å². The van der Waals surface area contributed by atoms with Crippen LogP contribution >= 0.6 is 11.6 Å². The Kier molecular flexibility index (Phi) is 3.48. The molecule has 1 aliphatic rings. The maximum atomic E-state index is 6.62. The molecule has 2 atom stereocenters. The van der Waals surface area contributed by atoms with Crippen molar-refractivity contribution in [3.8, 4) is 5.75 Å². The third-order valence-electron chi connectivity index (χ3n) is 3.94. The lowest BCUT2D eigenvalue weighted by Crippen LogP contribution is -2.27. The van der Waals surface area contributed by atoms with Crippen LogP contribution in [0.3, 0.4) is 0 Å². The second-order valence-corrected chi connectivity index (χ2v) is 5.60. The SMILES string of the molecule is COc1ccccc1CC(Cl)C1Cc2ccccc21. The first kappa shape index (κ1) is 12.6. The predicted molar refractivity (Wildman–Crippen MR) is 79.2 cm³/mol. The van der Waals surface area contributed by atoms with E-state index in [1.165, 1.54) is 16.7 Å². The molecule has 0 N–H and O–H groups in total. The van der Waals surface area contributed by atoms with Crippen LogP contribution in [0.1, 0.15) is 22.6 Å². The molecule has 2 aromatic rings. The number of hydrogen-bond donors (Lipinski definition) is 0. The first-order valence-electron chi connectivity index (χ1n) is 6.63. The Morgan fingerprint density at radius 1 is 1.16 bits per heavy atom. The monoisotopic (exact) mass is 272 g/mol. The van der Waals surface area contributed by atoms with Gasteiger partial charge in [0.05, 0.1) is 7.11 Å². The molecule has 0 aromatic heterocycles. The lowest BCUT2D eigenvalue weighted by atomic mass is 9.74. The van der Waals surface area contributed by atoms with Gasteiger partial charge < -0.3 is 4.74 Å². The van der Waals surface area contributed by atoms with E-state index >= 15 is 0 Å². The summed E-state index contributed by atoms with van der Waals surface area (Å²) < 4.78 is 5.39. The number of para-hydroxylation sites is 1. The molecule has 2 unspecified atom stereocenters. The first-order chi connectivity index (χ1) is 9.29. The summed E-state index contributed by atoms with van der Waals surface area (Å²) in [5, 5.41) is 0.131. The lowest BCUT2D eigenvalue weighted by molar-refractivity contribution is 0.408. The van der Waals surface area contributed by atoms with E-state index in [2.05, 4.69) is 30.3 Å². The molecule has 0 heterocycles. The molecule has 1 aliphatic carbocycles. The summed E-state index contributed by atoms with van der Waals surface area (Å²) in [6, 6.07) is 16.7. The Labute approximate surface area is 119 Å². The van der Waals surface area contributed by atoms with E-state index in [0.717, 1.165) is 18.6 Å². The second kappa shape index (κ2) is 5.26. The fourth-order valence-corrected chi connectivity index (χ4v) is 3.24. The summed E-state index contributed by atoms with van der Waals surface area (Å²) in [5.41, 5.74) is 4.05. The topological polar surface area (TPSA) is 9.23 Å². The van der Waals surface area contributed by atoms with Gasteiger partial charge in [-0.3, -0.25) is 0 Å². The molecule has 3 rings (SSSR count). The van der Waals surface area contributed by atoms with Crippen molar-refractivity contribution < 1.29 is 4.74 Å². The van der Waals surface area contributed by atoms with Crippen LogP contribution in [0.5, 0.6) is 5.75 Å². The average Bonchev–Trinajstić information content (AvgIpc) is 2.41. The standard InChI is InChI=1S/C17H17ClO/c1-19-17-9-5-3-7-13(17)11-16(18)15-10-12-6-2-4-8-14(12)15/h2-9,15-16H,10-11H2,1H3. The third-order valence-corrected chi connectivity index (χ3v) is 4.40. The lowest BCUT2D eigenvalue weighted by Gasteiger charge is -2.33. The number of fused-ring (bicyclic) bond motifs is 1. The number of rotatable bonds is 4. The number of benzene rings is 2. The van der Waals surface area contributed by atoms with E-state index in [0.29, 0.717) is 5.92 Å². The van der Waals surface area contributed by atoms with Crippen molar-refractivity contribution in [2.75, 3.05) is 7.11 Å². The van der Waals surface area contributed by atoms with Gasteiger partial charge in [-0.15, -0.1) is 11.6 Å². The van der Waals surface area contributed by atoms with Crippen LogP contribution in [0.2, 0.25) is 0 Å². The van der Waals surface area contributed by atoms with E-state index in [-0.39, 0.29) is 5.38 Å². The third kappa shape index (κ3) is 2.35. The first-order valence-corrected chi connectivity index (χ1v) is 7.07. The van der Waals surface area contributed by atoms with Gasteiger partial charge >= 0.3 is 0 Å². The zero-order chi connectivity index (χ0) is 13.2. The quantitative estimate of drug-likeness (QED) is 0.759. The minimum absolute atomic E-state index is 0.131. The molecule has 19 heavy (non-hydrogen) atoms. The van der Waals surface area contributed by atoms with Gasteiger partial charge in [-0.25, -0.2) is 0 Å². The van der Waals surface area contributed by atoms with Gasteiger partial charge in [-0.2, -0.15) is 0 Å². The Morgan fingerprint density at radius 2 is 1.89 bits per heavy atom. The van der Waals surface area contributed by atoms with Crippen molar-refractivity contribution in [3.63, 3.8) is 0 Å². The summed E-state index contributed by atoms with van der Waals surface area (Å²) in [7, 11) is 1.71. The summed E-state index contributed by atoms with van der Waals surface area (Å²) in [5.74, 6) is 1.41. The Bertz CT molecular complexity index is 579. The van der Waals surface area contributed by atoms with E-state index in [9.17, 15) is 0 Å². The minimum Gasteiger partial charge on any atom is -0.496 e. The van der Waals surface area contributed by atoms with Gasteiger partial charge in [0.25, 0.3) is 0 Å². The van der Waals surface area contributed by atoms with Gasteiger partial charge in [0.1, 0.15) is 5.75 Å².